The second kappa shape index (κ2) is 5.96. The molecular weight excluding hydrogens is 272 g/mol. The molecule has 0 atom stereocenters. The number of benzene rings is 2. The predicted octanol–water partition coefficient (Wildman–Crippen LogP) is 4.87. The van der Waals surface area contributed by atoms with Gasteiger partial charge in [-0.2, -0.15) is 0 Å². The van der Waals surface area contributed by atoms with Crippen molar-refractivity contribution in [1.82, 2.24) is 0 Å². The molecule has 0 fully saturated rings. The van der Waals surface area contributed by atoms with Crippen molar-refractivity contribution in [2.45, 2.75) is 26.2 Å². The van der Waals surface area contributed by atoms with Crippen LogP contribution in [0.1, 0.15) is 31.9 Å². The third kappa shape index (κ3) is 2.78. The molecule has 0 bridgehead atoms. The summed E-state index contributed by atoms with van der Waals surface area (Å²) in [6.45, 7) is 11.3. The minimum absolute atomic E-state index is 0.0455. The summed E-state index contributed by atoms with van der Waals surface area (Å²) in [6.07, 6.45) is 0. The molecule has 2 rings (SSSR count). The van der Waals surface area contributed by atoms with Crippen molar-refractivity contribution in [3.05, 3.63) is 66.6 Å². The maximum atomic E-state index is 5.27. The molecule has 0 unspecified atom stereocenters. The maximum absolute atomic E-state index is 5.27. The predicted molar refractivity (Wildman–Crippen MR) is 91.6 cm³/mol. The van der Waals surface area contributed by atoms with Gasteiger partial charge in [-0.05, 0) is 24.3 Å². The van der Waals surface area contributed by atoms with Crippen LogP contribution in [0.4, 0.5) is 0 Å². The van der Waals surface area contributed by atoms with Crippen LogP contribution in [0.25, 0.3) is 0 Å². The lowest BCUT2D eigenvalue weighted by atomic mass is 9.60. The van der Waals surface area contributed by atoms with E-state index in [0.717, 1.165) is 11.5 Å². The lowest BCUT2D eigenvalue weighted by molar-refractivity contribution is 0.278. The molecule has 0 aliphatic heterocycles. The van der Waals surface area contributed by atoms with Crippen LogP contribution >= 0.6 is 0 Å². The van der Waals surface area contributed by atoms with Gasteiger partial charge in [-0.3, -0.25) is 0 Å². The van der Waals surface area contributed by atoms with Gasteiger partial charge in [-0.25, -0.2) is 0 Å². The van der Waals surface area contributed by atoms with Gasteiger partial charge in [0.25, 0.3) is 0 Å². The Labute approximate surface area is 134 Å². The molecule has 0 amide bonds. The number of methoxy groups -OCH3 is 2. The fraction of sp³-hybridized carbons (Fsp3) is 0.350. The molecule has 22 heavy (non-hydrogen) atoms. The second-order valence-corrected chi connectivity index (χ2v) is 6.61. The van der Waals surface area contributed by atoms with Crippen LogP contribution in [0.15, 0.2) is 48.5 Å². The number of hydrogen-bond acceptors (Lipinski definition) is 2. The molecule has 0 radical (unpaired) electrons. The van der Waals surface area contributed by atoms with Crippen LogP contribution < -0.4 is 9.47 Å². The molecule has 2 aromatic carbocycles. The zero-order chi connectivity index (χ0) is 16.4. The van der Waals surface area contributed by atoms with Crippen molar-refractivity contribution in [1.29, 1.82) is 0 Å². The van der Waals surface area contributed by atoms with Gasteiger partial charge in [0.15, 0.2) is 5.41 Å². The van der Waals surface area contributed by atoms with Gasteiger partial charge < -0.3 is 9.47 Å². The van der Waals surface area contributed by atoms with E-state index in [2.05, 4.69) is 52.0 Å². The van der Waals surface area contributed by atoms with E-state index in [1.807, 2.05) is 24.3 Å². The zero-order valence-corrected chi connectivity index (χ0v) is 14.1. The number of ether oxygens (including phenoxy) is 2. The normalized spacial score (nSPS) is 12.0. The molecule has 0 aliphatic carbocycles. The lowest BCUT2D eigenvalue weighted by Gasteiger charge is -2.36. The van der Waals surface area contributed by atoms with E-state index in [1.165, 1.54) is 11.1 Å². The highest BCUT2D eigenvalue weighted by Gasteiger charge is 2.47. The standard InChI is InChI=1S/C20H25O2/c1-19(2,3)20(4,15-7-11-17(21-5)12-8-15)16-9-13-18(22-6)14-10-16/h7-14H,4H2,1-3,5-6H3/q+1. The third-order valence-corrected chi connectivity index (χ3v) is 4.45. The average Bonchev–Trinajstić information content (AvgIpc) is 2.53. The average molecular weight is 297 g/mol. The lowest BCUT2D eigenvalue weighted by Crippen LogP contribution is -2.38. The van der Waals surface area contributed by atoms with Crippen molar-refractivity contribution in [3.63, 3.8) is 0 Å². The van der Waals surface area contributed by atoms with Crippen molar-refractivity contribution in [2.75, 3.05) is 14.2 Å². The van der Waals surface area contributed by atoms with Crippen LogP contribution in [0.2, 0.25) is 0 Å². The molecule has 2 nitrogen and oxygen atoms in total. The van der Waals surface area contributed by atoms with E-state index >= 15 is 0 Å². The Balaban J connectivity index is 2.55. The Kier molecular flexibility index (Phi) is 4.41. The summed E-state index contributed by atoms with van der Waals surface area (Å²) in [6, 6.07) is 16.4. The SMILES string of the molecule is [CH2+]C(c1ccc(OC)cc1)(c1ccc(OC)cc1)C(C)(C)C. The van der Waals surface area contributed by atoms with Gasteiger partial charge in [0.1, 0.15) is 11.5 Å². The largest absolute Gasteiger partial charge is 0.497 e. The summed E-state index contributed by atoms with van der Waals surface area (Å²) >= 11 is 0. The van der Waals surface area contributed by atoms with Gasteiger partial charge in [0.2, 0.25) is 0 Å². The highest BCUT2D eigenvalue weighted by atomic mass is 16.5. The van der Waals surface area contributed by atoms with Crippen molar-refractivity contribution in [3.8, 4) is 11.5 Å². The van der Waals surface area contributed by atoms with Crippen molar-refractivity contribution >= 4 is 0 Å². The van der Waals surface area contributed by atoms with E-state index in [9.17, 15) is 0 Å². The minimum atomic E-state index is -0.356. The summed E-state index contributed by atoms with van der Waals surface area (Å²) in [5, 5.41) is 0. The summed E-state index contributed by atoms with van der Waals surface area (Å²) in [7, 11) is 3.36. The summed E-state index contributed by atoms with van der Waals surface area (Å²) in [5.74, 6) is 1.71. The molecule has 116 valence electrons. The minimum Gasteiger partial charge on any atom is -0.497 e. The third-order valence-electron chi connectivity index (χ3n) is 4.45. The Hall–Kier alpha value is -2.09. The van der Waals surface area contributed by atoms with Crippen LogP contribution in [-0.4, -0.2) is 14.2 Å². The highest BCUT2D eigenvalue weighted by molar-refractivity contribution is 5.46. The van der Waals surface area contributed by atoms with Crippen molar-refractivity contribution < 1.29 is 9.47 Å². The van der Waals surface area contributed by atoms with Gasteiger partial charge >= 0.3 is 0 Å². The first-order valence-electron chi connectivity index (χ1n) is 7.47. The van der Waals surface area contributed by atoms with Crippen LogP contribution in [0, 0.1) is 12.3 Å². The molecule has 0 saturated heterocycles. The van der Waals surface area contributed by atoms with E-state index in [1.54, 1.807) is 14.2 Å². The molecule has 0 N–H and O–H groups in total. The second-order valence-electron chi connectivity index (χ2n) is 6.61. The number of rotatable bonds is 4. The van der Waals surface area contributed by atoms with Crippen LogP contribution in [0.5, 0.6) is 11.5 Å². The Bertz CT molecular complexity index is 556. The molecular formula is C20H25O2+. The molecule has 2 aromatic rings. The fourth-order valence-corrected chi connectivity index (χ4v) is 2.78. The molecule has 0 aliphatic rings. The zero-order valence-electron chi connectivity index (χ0n) is 14.1. The Morgan fingerprint density at radius 2 is 1.00 bits per heavy atom. The molecule has 0 heterocycles. The van der Waals surface area contributed by atoms with E-state index in [0.29, 0.717) is 0 Å². The van der Waals surface area contributed by atoms with Crippen LogP contribution in [-0.2, 0) is 5.41 Å². The monoisotopic (exact) mass is 297 g/mol. The first-order chi connectivity index (χ1) is 10.3. The molecule has 0 saturated carbocycles. The first kappa shape index (κ1) is 16.3. The highest BCUT2D eigenvalue weighted by Crippen LogP contribution is 2.46. The summed E-state index contributed by atoms with van der Waals surface area (Å²) < 4.78 is 10.5. The van der Waals surface area contributed by atoms with Gasteiger partial charge in [0.05, 0.1) is 21.1 Å². The Morgan fingerprint density at radius 1 is 0.682 bits per heavy atom. The topological polar surface area (TPSA) is 18.5 Å². The van der Waals surface area contributed by atoms with E-state index in [4.69, 9.17) is 9.47 Å². The van der Waals surface area contributed by atoms with Crippen LogP contribution in [0.3, 0.4) is 0 Å². The Morgan fingerprint density at radius 3 is 1.23 bits per heavy atom. The van der Waals surface area contributed by atoms with E-state index in [-0.39, 0.29) is 10.8 Å². The quantitative estimate of drug-likeness (QED) is 0.750. The summed E-state index contributed by atoms with van der Waals surface area (Å²) in [4.78, 5) is 0. The molecule has 0 spiro atoms. The fourth-order valence-electron chi connectivity index (χ4n) is 2.78. The summed E-state index contributed by atoms with van der Waals surface area (Å²) in [5.41, 5.74) is 1.94. The van der Waals surface area contributed by atoms with Gasteiger partial charge in [-0.15, -0.1) is 0 Å². The van der Waals surface area contributed by atoms with Crippen molar-refractivity contribution in [2.24, 2.45) is 5.41 Å². The maximum Gasteiger partial charge on any atom is 0.160 e. The smallest absolute Gasteiger partial charge is 0.160 e. The first-order valence-corrected chi connectivity index (χ1v) is 7.47. The van der Waals surface area contributed by atoms with Gasteiger partial charge in [0, 0.05) is 16.5 Å². The molecule has 0 aromatic heterocycles. The molecule has 2 heteroatoms. The number of hydrogen-bond donors (Lipinski definition) is 0. The van der Waals surface area contributed by atoms with Gasteiger partial charge in [-0.1, -0.05) is 45.0 Å². The van der Waals surface area contributed by atoms with E-state index < -0.39 is 0 Å².